The van der Waals surface area contributed by atoms with Gasteiger partial charge in [-0.05, 0) is 18.2 Å². The van der Waals surface area contributed by atoms with Crippen LogP contribution in [0.15, 0.2) is 24.3 Å². The standard InChI is InChI=1S/C11H16BrNO4S/c1-13(6-7-17-18(14,15)16)9-11-4-2-10(8-12)3-5-11/h2-5H,6-9H2,1H3,(H,14,15,16). The van der Waals surface area contributed by atoms with Gasteiger partial charge in [0.25, 0.3) is 0 Å². The Morgan fingerprint density at radius 1 is 1.28 bits per heavy atom. The van der Waals surface area contributed by atoms with E-state index in [1.165, 1.54) is 5.56 Å². The van der Waals surface area contributed by atoms with E-state index < -0.39 is 10.4 Å². The van der Waals surface area contributed by atoms with Crippen LogP contribution >= 0.6 is 15.9 Å². The van der Waals surface area contributed by atoms with Crippen LogP contribution < -0.4 is 0 Å². The molecule has 1 rings (SSSR count). The molecule has 0 unspecified atom stereocenters. The lowest BCUT2D eigenvalue weighted by atomic mass is 10.1. The van der Waals surface area contributed by atoms with E-state index in [1.54, 1.807) is 0 Å². The number of nitrogens with zero attached hydrogens (tertiary/aromatic N) is 1. The normalized spacial score (nSPS) is 12.0. The lowest BCUT2D eigenvalue weighted by molar-refractivity contribution is 0.215. The molecule has 0 amide bonds. The molecule has 0 aliphatic heterocycles. The molecule has 102 valence electrons. The lowest BCUT2D eigenvalue weighted by Crippen LogP contribution is -2.23. The van der Waals surface area contributed by atoms with Crippen LogP contribution in [0.5, 0.6) is 0 Å². The summed E-state index contributed by atoms with van der Waals surface area (Å²) in [4.78, 5) is 1.91. The molecule has 7 heteroatoms. The van der Waals surface area contributed by atoms with E-state index in [0.717, 1.165) is 10.9 Å². The SMILES string of the molecule is CN(CCOS(=O)(=O)O)Cc1ccc(CBr)cc1. The Kier molecular flexibility index (Phi) is 6.24. The third kappa shape index (κ3) is 6.46. The van der Waals surface area contributed by atoms with Crippen molar-refractivity contribution in [1.82, 2.24) is 4.90 Å². The van der Waals surface area contributed by atoms with Gasteiger partial charge in [-0.15, -0.1) is 0 Å². The molecule has 0 radical (unpaired) electrons. The van der Waals surface area contributed by atoms with Crippen molar-refractivity contribution >= 4 is 26.3 Å². The summed E-state index contributed by atoms with van der Waals surface area (Å²) in [6.07, 6.45) is 0. The van der Waals surface area contributed by atoms with Gasteiger partial charge in [-0.2, -0.15) is 8.42 Å². The second kappa shape index (κ2) is 7.20. The number of alkyl halides is 1. The quantitative estimate of drug-likeness (QED) is 0.607. The van der Waals surface area contributed by atoms with E-state index in [9.17, 15) is 8.42 Å². The minimum absolute atomic E-state index is 0.0607. The zero-order chi connectivity index (χ0) is 13.6. The molecule has 0 bridgehead atoms. The molecular weight excluding hydrogens is 322 g/mol. The molecule has 0 saturated heterocycles. The summed E-state index contributed by atoms with van der Waals surface area (Å²) < 4.78 is 33.4. The number of halogens is 1. The highest BCUT2D eigenvalue weighted by atomic mass is 79.9. The van der Waals surface area contributed by atoms with Crippen LogP contribution in [-0.4, -0.2) is 38.1 Å². The Bertz CT molecular complexity index is 460. The lowest BCUT2D eigenvalue weighted by Gasteiger charge is -2.16. The zero-order valence-electron chi connectivity index (χ0n) is 10.0. The van der Waals surface area contributed by atoms with Crippen molar-refractivity contribution in [2.75, 3.05) is 20.2 Å². The Labute approximate surface area is 116 Å². The second-order valence-corrected chi connectivity index (χ2v) is 5.59. The zero-order valence-corrected chi connectivity index (χ0v) is 12.4. The van der Waals surface area contributed by atoms with Gasteiger partial charge in [-0.25, -0.2) is 4.18 Å². The number of hydrogen-bond acceptors (Lipinski definition) is 4. The summed E-state index contributed by atoms with van der Waals surface area (Å²) in [5, 5.41) is 0.825. The Hall–Kier alpha value is -0.470. The van der Waals surface area contributed by atoms with Gasteiger partial charge in [0.2, 0.25) is 0 Å². The van der Waals surface area contributed by atoms with Crippen molar-refractivity contribution in [1.29, 1.82) is 0 Å². The summed E-state index contributed by atoms with van der Waals surface area (Å²) in [5.41, 5.74) is 2.34. The van der Waals surface area contributed by atoms with Crippen LogP contribution in [0, 0.1) is 0 Å². The van der Waals surface area contributed by atoms with Crippen LogP contribution in [0.3, 0.4) is 0 Å². The van der Waals surface area contributed by atoms with Gasteiger partial charge in [-0.1, -0.05) is 40.2 Å². The largest absolute Gasteiger partial charge is 0.397 e. The van der Waals surface area contributed by atoms with Gasteiger partial charge in [0.15, 0.2) is 0 Å². The van der Waals surface area contributed by atoms with E-state index in [1.807, 2.05) is 36.2 Å². The fraction of sp³-hybridized carbons (Fsp3) is 0.455. The van der Waals surface area contributed by atoms with Crippen LogP contribution in [-0.2, 0) is 26.5 Å². The fourth-order valence-electron chi connectivity index (χ4n) is 1.42. The van der Waals surface area contributed by atoms with Crippen molar-refractivity contribution in [2.24, 2.45) is 0 Å². The van der Waals surface area contributed by atoms with E-state index in [2.05, 4.69) is 20.1 Å². The van der Waals surface area contributed by atoms with E-state index in [0.29, 0.717) is 13.1 Å². The first-order valence-electron chi connectivity index (χ1n) is 5.35. The molecule has 1 N–H and O–H groups in total. The molecule has 1 aromatic rings. The maximum atomic E-state index is 10.4. The van der Waals surface area contributed by atoms with Gasteiger partial charge >= 0.3 is 10.4 Å². The second-order valence-electron chi connectivity index (χ2n) is 3.94. The van der Waals surface area contributed by atoms with Crippen molar-refractivity contribution in [3.05, 3.63) is 35.4 Å². The maximum Gasteiger partial charge on any atom is 0.397 e. The first-order chi connectivity index (χ1) is 8.40. The Morgan fingerprint density at radius 3 is 2.33 bits per heavy atom. The Balaban J connectivity index is 2.37. The van der Waals surface area contributed by atoms with Crippen LogP contribution in [0.2, 0.25) is 0 Å². The highest BCUT2D eigenvalue weighted by Crippen LogP contribution is 2.09. The predicted octanol–water partition coefficient (Wildman–Crippen LogP) is 1.83. The van der Waals surface area contributed by atoms with Crippen LogP contribution in [0.4, 0.5) is 0 Å². The monoisotopic (exact) mass is 337 g/mol. The van der Waals surface area contributed by atoms with Gasteiger partial charge in [0.05, 0.1) is 6.61 Å². The average molecular weight is 338 g/mol. The summed E-state index contributed by atoms with van der Waals surface area (Å²) in [5.74, 6) is 0. The molecule has 0 atom stereocenters. The molecule has 18 heavy (non-hydrogen) atoms. The van der Waals surface area contributed by atoms with E-state index >= 15 is 0 Å². The van der Waals surface area contributed by atoms with Crippen LogP contribution in [0.25, 0.3) is 0 Å². The molecule has 5 nitrogen and oxygen atoms in total. The van der Waals surface area contributed by atoms with Crippen LogP contribution in [0.1, 0.15) is 11.1 Å². The highest BCUT2D eigenvalue weighted by Gasteiger charge is 2.06. The summed E-state index contributed by atoms with van der Waals surface area (Å²) in [6, 6.07) is 8.12. The summed E-state index contributed by atoms with van der Waals surface area (Å²) in [7, 11) is -2.48. The average Bonchev–Trinajstić information content (AvgIpc) is 2.28. The first kappa shape index (κ1) is 15.6. The molecule has 1 aromatic carbocycles. The fourth-order valence-corrected chi connectivity index (χ4v) is 2.08. The molecule has 0 aliphatic carbocycles. The molecule has 0 saturated carbocycles. The van der Waals surface area contributed by atoms with E-state index in [4.69, 9.17) is 4.55 Å². The topological polar surface area (TPSA) is 66.8 Å². The van der Waals surface area contributed by atoms with Gasteiger partial charge < -0.3 is 0 Å². The molecule has 0 heterocycles. The molecule has 0 aromatic heterocycles. The number of hydrogen-bond donors (Lipinski definition) is 1. The molecule has 0 aliphatic rings. The number of benzene rings is 1. The first-order valence-corrected chi connectivity index (χ1v) is 7.83. The molecular formula is C11H16BrNO4S. The highest BCUT2D eigenvalue weighted by molar-refractivity contribution is 9.08. The minimum Gasteiger partial charge on any atom is -0.300 e. The predicted molar refractivity (Wildman–Crippen MR) is 72.9 cm³/mol. The smallest absolute Gasteiger partial charge is 0.300 e. The van der Waals surface area contributed by atoms with Crippen molar-refractivity contribution < 1.29 is 17.2 Å². The summed E-state index contributed by atoms with van der Waals surface area (Å²) in [6.45, 7) is 1.05. The third-order valence-corrected chi connectivity index (χ3v) is 3.45. The number of likely N-dealkylation sites (N-methyl/N-ethyl adjacent to an activating group) is 1. The number of rotatable bonds is 7. The van der Waals surface area contributed by atoms with E-state index in [-0.39, 0.29) is 6.61 Å². The Morgan fingerprint density at radius 2 is 1.83 bits per heavy atom. The van der Waals surface area contributed by atoms with Gasteiger partial charge in [-0.3, -0.25) is 9.45 Å². The van der Waals surface area contributed by atoms with Gasteiger partial charge in [0.1, 0.15) is 0 Å². The molecule has 0 spiro atoms. The summed E-state index contributed by atoms with van der Waals surface area (Å²) >= 11 is 3.38. The van der Waals surface area contributed by atoms with Crippen molar-refractivity contribution in [2.45, 2.75) is 11.9 Å². The van der Waals surface area contributed by atoms with Crippen molar-refractivity contribution in [3.63, 3.8) is 0 Å². The minimum atomic E-state index is -4.33. The van der Waals surface area contributed by atoms with Crippen molar-refractivity contribution in [3.8, 4) is 0 Å². The maximum absolute atomic E-state index is 10.4. The van der Waals surface area contributed by atoms with Gasteiger partial charge in [0, 0.05) is 18.4 Å². The molecule has 0 fully saturated rings. The third-order valence-electron chi connectivity index (χ3n) is 2.34.